The molecule has 0 aromatic heterocycles. The third-order valence-corrected chi connectivity index (χ3v) is 2.36. The molecule has 0 fully saturated rings. The van der Waals surface area contributed by atoms with Gasteiger partial charge in [0, 0.05) is 17.7 Å². The lowest BCUT2D eigenvalue weighted by Gasteiger charge is -2.21. The molecular weight excluding hydrogens is 216 g/mol. The highest BCUT2D eigenvalue weighted by Gasteiger charge is 2.20. The Morgan fingerprint density at radius 1 is 1.40 bits per heavy atom. The molecule has 0 spiro atoms. The average molecular weight is 231 g/mol. The Labute approximate surface area is 94.6 Å². The minimum atomic E-state index is -0.639. The molecule has 0 radical (unpaired) electrons. The van der Waals surface area contributed by atoms with Gasteiger partial charge in [-0.15, -0.1) is 0 Å². The fourth-order valence-electron chi connectivity index (χ4n) is 1.34. The number of aliphatic hydroxyl groups is 1. The number of hydrogen-bond acceptors (Lipinski definition) is 3. The summed E-state index contributed by atoms with van der Waals surface area (Å²) in [5.41, 5.74) is 0.770. The minimum absolute atomic E-state index is 0.126. The van der Waals surface area contributed by atoms with E-state index in [0.29, 0.717) is 5.02 Å². The second kappa shape index (κ2) is 6.08. The lowest BCUT2D eigenvalue weighted by atomic mass is 10.1. The van der Waals surface area contributed by atoms with Gasteiger partial charge in [0.15, 0.2) is 0 Å². The third-order valence-electron chi connectivity index (χ3n) is 2.02. The molecule has 0 bridgehead atoms. The van der Waals surface area contributed by atoms with Crippen LogP contribution in [0.2, 0.25) is 5.02 Å². The number of rotatable bonds is 5. The molecule has 15 heavy (non-hydrogen) atoms. The highest BCUT2D eigenvalue weighted by molar-refractivity contribution is 6.31. The van der Waals surface area contributed by atoms with Gasteiger partial charge in [-0.1, -0.05) is 29.8 Å². The van der Waals surface area contributed by atoms with Crippen LogP contribution in [0.15, 0.2) is 24.3 Å². The first-order valence-corrected chi connectivity index (χ1v) is 5.07. The number of aliphatic hydroxyl groups excluding tert-OH is 1. The zero-order valence-corrected chi connectivity index (χ0v) is 9.57. The standard InChI is InChI=1S/C11H15ClO3/c1-8(13)11(15-7-14-2)9-5-3-4-6-10(9)12/h3-6,8,11,13H,7H2,1-2H3/t8?,11-/m1/s1. The topological polar surface area (TPSA) is 38.7 Å². The predicted octanol–water partition coefficient (Wildman–Crippen LogP) is 2.38. The van der Waals surface area contributed by atoms with Crippen LogP contribution in [0, 0.1) is 0 Å². The predicted molar refractivity (Wildman–Crippen MR) is 58.8 cm³/mol. The van der Waals surface area contributed by atoms with Crippen LogP contribution >= 0.6 is 11.6 Å². The van der Waals surface area contributed by atoms with Crippen molar-refractivity contribution in [2.45, 2.75) is 19.1 Å². The smallest absolute Gasteiger partial charge is 0.147 e. The van der Waals surface area contributed by atoms with Crippen LogP contribution in [-0.4, -0.2) is 25.1 Å². The molecule has 0 aliphatic carbocycles. The molecule has 3 nitrogen and oxygen atoms in total. The minimum Gasteiger partial charge on any atom is -0.390 e. The van der Waals surface area contributed by atoms with Gasteiger partial charge < -0.3 is 14.6 Å². The summed E-state index contributed by atoms with van der Waals surface area (Å²) in [6.07, 6.45) is -1.10. The Bertz CT molecular complexity index is 302. The van der Waals surface area contributed by atoms with E-state index in [1.165, 1.54) is 7.11 Å². The average Bonchev–Trinajstić information content (AvgIpc) is 2.20. The van der Waals surface area contributed by atoms with E-state index < -0.39 is 12.2 Å². The Morgan fingerprint density at radius 2 is 2.07 bits per heavy atom. The van der Waals surface area contributed by atoms with Crippen molar-refractivity contribution in [1.29, 1.82) is 0 Å². The van der Waals surface area contributed by atoms with Crippen LogP contribution in [0.4, 0.5) is 0 Å². The molecular formula is C11H15ClO3. The van der Waals surface area contributed by atoms with E-state index >= 15 is 0 Å². The normalized spacial score (nSPS) is 14.9. The molecule has 1 aromatic carbocycles. The maximum absolute atomic E-state index is 9.58. The summed E-state index contributed by atoms with van der Waals surface area (Å²) in [4.78, 5) is 0. The van der Waals surface area contributed by atoms with E-state index in [9.17, 15) is 5.11 Å². The number of benzene rings is 1. The van der Waals surface area contributed by atoms with Crippen molar-refractivity contribution in [1.82, 2.24) is 0 Å². The largest absolute Gasteiger partial charge is 0.390 e. The Hall–Kier alpha value is -0.610. The van der Waals surface area contributed by atoms with Crippen LogP contribution in [0.3, 0.4) is 0 Å². The zero-order chi connectivity index (χ0) is 11.3. The first-order valence-electron chi connectivity index (χ1n) is 4.70. The van der Waals surface area contributed by atoms with Crippen molar-refractivity contribution in [2.75, 3.05) is 13.9 Å². The second-order valence-electron chi connectivity index (χ2n) is 3.26. The summed E-state index contributed by atoms with van der Waals surface area (Å²) in [6, 6.07) is 7.28. The van der Waals surface area contributed by atoms with Crippen molar-refractivity contribution in [3.63, 3.8) is 0 Å². The highest BCUT2D eigenvalue weighted by atomic mass is 35.5. The molecule has 1 aromatic rings. The first kappa shape index (κ1) is 12.5. The zero-order valence-electron chi connectivity index (χ0n) is 8.81. The number of methoxy groups -OCH3 is 1. The summed E-state index contributed by atoms with van der Waals surface area (Å²) in [5, 5.41) is 10.2. The monoisotopic (exact) mass is 230 g/mol. The van der Waals surface area contributed by atoms with E-state index in [4.69, 9.17) is 21.1 Å². The summed E-state index contributed by atoms with van der Waals surface area (Å²) in [5.74, 6) is 0. The van der Waals surface area contributed by atoms with Crippen molar-refractivity contribution < 1.29 is 14.6 Å². The number of halogens is 1. The van der Waals surface area contributed by atoms with E-state index in [-0.39, 0.29) is 6.79 Å². The van der Waals surface area contributed by atoms with Gasteiger partial charge in [0.2, 0.25) is 0 Å². The molecule has 2 atom stereocenters. The van der Waals surface area contributed by atoms with E-state index in [0.717, 1.165) is 5.56 Å². The lowest BCUT2D eigenvalue weighted by Crippen LogP contribution is -2.19. The molecule has 1 N–H and O–H groups in total. The van der Waals surface area contributed by atoms with Crippen LogP contribution in [0.5, 0.6) is 0 Å². The molecule has 0 saturated carbocycles. The fourth-order valence-corrected chi connectivity index (χ4v) is 1.58. The van der Waals surface area contributed by atoms with Gasteiger partial charge in [0.1, 0.15) is 12.9 Å². The first-order chi connectivity index (χ1) is 7.16. The SMILES string of the molecule is COCO[C@@H](c1ccccc1Cl)C(C)O. The van der Waals surface area contributed by atoms with Gasteiger partial charge in [0.05, 0.1) is 6.10 Å². The number of ether oxygens (including phenoxy) is 2. The van der Waals surface area contributed by atoms with Crippen LogP contribution in [0.25, 0.3) is 0 Å². The van der Waals surface area contributed by atoms with Gasteiger partial charge in [-0.2, -0.15) is 0 Å². The van der Waals surface area contributed by atoms with Crippen LogP contribution in [-0.2, 0) is 9.47 Å². The maximum atomic E-state index is 9.58. The van der Waals surface area contributed by atoms with Gasteiger partial charge in [-0.05, 0) is 13.0 Å². The molecule has 0 aliphatic heterocycles. The van der Waals surface area contributed by atoms with Crippen LogP contribution in [0.1, 0.15) is 18.6 Å². The number of hydrogen-bond donors (Lipinski definition) is 1. The molecule has 0 saturated heterocycles. The van der Waals surface area contributed by atoms with Crippen LogP contribution < -0.4 is 0 Å². The third kappa shape index (κ3) is 3.47. The van der Waals surface area contributed by atoms with E-state index in [1.54, 1.807) is 13.0 Å². The molecule has 0 amide bonds. The molecule has 4 heteroatoms. The Morgan fingerprint density at radius 3 is 2.60 bits per heavy atom. The van der Waals surface area contributed by atoms with E-state index in [1.807, 2.05) is 18.2 Å². The molecule has 0 heterocycles. The maximum Gasteiger partial charge on any atom is 0.147 e. The molecule has 1 unspecified atom stereocenters. The van der Waals surface area contributed by atoms with Crippen molar-refractivity contribution in [2.24, 2.45) is 0 Å². The summed E-state index contributed by atoms with van der Waals surface area (Å²) >= 11 is 6.01. The highest BCUT2D eigenvalue weighted by Crippen LogP contribution is 2.27. The summed E-state index contributed by atoms with van der Waals surface area (Å²) < 4.78 is 10.2. The van der Waals surface area contributed by atoms with Crippen molar-refractivity contribution >= 4 is 11.6 Å². The lowest BCUT2D eigenvalue weighted by molar-refractivity contribution is -0.110. The fraction of sp³-hybridized carbons (Fsp3) is 0.455. The Kier molecular flexibility index (Phi) is 5.05. The molecule has 1 rings (SSSR count). The summed E-state index contributed by atoms with van der Waals surface area (Å²) in [7, 11) is 1.53. The van der Waals surface area contributed by atoms with Gasteiger partial charge in [-0.3, -0.25) is 0 Å². The van der Waals surface area contributed by atoms with Gasteiger partial charge in [0.25, 0.3) is 0 Å². The van der Waals surface area contributed by atoms with Gasteiger partial charge >= 0.3 is 0 Å². The summed E-state index contributed by atoms with van der Waals surface area (Å²) in [6.45, 7) is 1.78. The van der Waals surface area contributed by atoms with E-state index in [2.05, 4.69) is 0 Å². The van der Waals surface area contributed by atoms with Crippen molar-refractivity contribution in [3.8, 4) is 0 Å². The molecule has 84 valence electrons. The Balaban J connectivity index is 2.84. The van der Waals surface area contributed by atoms with Gasteiger partial charge in [-0.25, -0.2) is 0 Å². The quantitative estimate of drug-likeness (QED) is 0.790. The molecule has 0 aliphatic rings. The van der Waals surface area contributed by atoms with Crippen molar-refractivity contribution in [3.05, 3.63) is 34.9 Å². The second-order valence-corrected chi connectivity index (χ2v) is 3.66.